The van der Waals surface area contributed by atoms with Crippen LogP contribution in [0.2, 0.25) is 0 Å². The molecule has 2 amide bonds. The molecule has 1 atom stereocenters. The van der Waals surface area contributed by atoms with Crippen LogP contribution in [0.3, 0.4) is 0 Å². The minimum Gasteiger partial charge on any atom is -0.488 e. The Labute approximate surface area is 130 Å². The lowest BCUT2D eigenvalue weighted by atomic mass is 10.2. The molecular weight excluding hydrogens is 280 g/mol. The Morgan fingerprint density at radius 3 is 2.86 bits per heavy atom. The Bertz CT molecular complexity index is 557. The van der Waals surface area contributed by atoms with E-state index in [2.05, 4.69) is 22.8 Å². The largest absolute Gasteiger partial charge is 0.488 e. The zero-order valence-electron chi connectivity index (χ0n) is 12.8. The maximum atomic E-state index is 12.0. The van der Waals surface area contributed by atoms with Gasteiger partial charge < -0.3 is 20.1 Å². The van der Waals surface area contributed by atoms with E-state index in [0.717, 1.165) is 42.9 Å². The highest BCUT2D eigenvalue weighted by atomic mass is 16.5. The molecule has 3 rings (SSSR count). The first-order valence-corrected chi connectivity index (χ1v) is 7.78. The number of benzene rings is 1. The summed E-state index contributed by atoms with van der Waals surface area (Å²) in [6, 6.07) is 5.75. The summed E-state index contributed by atoms with van der Waals surface area (Å²) in [5.74, 6) is 0.802. The van der Waals surface area contributed by atoms with Gasteiger partial charge in [0.2, 0.25) is 0 Å². The van der Waals surface area contributed by atoms with Crippen LogP contribution < -0.4 is 15.4 Å². The van der Waals surface area contributed by atoms with Gasteiger partial charge >= 0.3 is 6.03 Å². The standard InChI is InChI=1S/C17H22N2O3/c1-12-6-7-14(10-16(12)22-15-8-9-21-11-15)19-17(20)18-13-4-2-3-5-13/h2-3,6-7,10,13,15H,4-5,8-9,11H2,1H3,(H2,18,19,20)/t15-/m1/s1. The molecule has 0 unspecified atom stereocenters. The lowest BCUT2D eigenvalue weighted by Crippen LogP contribution is -2.36. The van der Waals surface area contributed by atoms with Crippen molar-refractivity contribution < 1.29 is 14.3 Å². The second kappa shape index (κ2) is 6.83. The van der Waals surface area contributed by atoms with Crippen molar-refractivity contribution in [2.45, 2.75) is 38.3 Å². The Balaban J connectivity index is 1.59. The molecule has 1 aliphatic carbocycles. The zero-order valence-corrected chi connectivity index (χ0v) is 12.8. The van der Waals surface area contributed by atoms with Crippen LogP contribution in [0.15, 0.2) is 30.4 Å². The van der Waals surface area contributed by atoms with Gasteiger partial charge in [-0.05, 0) is 31.4 Å². The first-order chi connectivity index (χ1) is 10.7. The van der Waals surface area contributed by atoms with E-state index < -0.39 is 0 Å². The normalized spacial score (nSPS) is 21.0. The summed E-state index contributed by atoms with van der Waals surface area (Å²) < 4.78 is 11.3. The van der Waals surface area contributed by atoms with Crippen LogP contribution in [-0.4, -0.2) is 31.4 Å². The zero-order chi connectivity index (χ0) is 15.4. The van der Waals surface area contributed by atoms with Crippen molar-refractivity contribution in [2.24, 2.45) is 0 Å². The first kappa shape index (κ1) is 14.9. The van der Waals surface area contributed by atoms with Crippen LogP contribution in [0.4, 0.5) is 10.5 Å². The summed E-state index contributed by atoms with van der Waals surface area (Å²) in [6.45, 7) is 3.38. The average Bonchev–Trinajstić information content (AvgIpc) is 3.16. The molecule has 2 N–H and O–H groups in total. The highest BCUT2D eigenvalue weighted by Gasteiger charge is 2.18. The van der Waals surface area contributed by atoms with E-state index >= 15 is 0 Å². The number of aryl methyl sites for hydroxylation is 1. The maximum absolute atomic E-state index is 12.0. The Hall–Kier alpha value is -2.01. The Kier molecular flexibility index (Phi) is 4.63. The van der Waals surface area contributed by atoms with E-state index in [4.69, 9.17) is 9.47 Å². The van der Waals surface area contributed by atoms with E-state index in [9.17, 15) is 4.79 Å². The topological polar surface area (TPSA) is 59.6 Å². The van der Waals surface area contributed by atoms with Gasteiger partial charge in [-0.15, -0.1) is 0 Å². The number of hydrogen-bond donors (Lipinski definition) is 2. The molecule has 0 bridgehead atoms. The fourth-order valence-electron chi connectivity index (χ4n) is 2.68. The molecule has 5 heteroatoms. The predicted molar refractivity (Wildman–Crippen MR) is 85.3 cm³/mol. The van der Waals surface area contributed by atoms with E-state index in [0.29, 0.717) is 6.61 Å². The fraction of sp³-hybridized carbons (Fsp3) is 0.471. The van der Waals surface area contributed by atoms with Gasteiger partial charge in [-0.1, -0.05) is 18.2 Å². The molecule has 118 valence electrons. The summed E-state index contributed by atoms with van der Waals surface area (Å²) in [4.78, 5) is 12.0. The van der Waals surface area contributed by atoms with Gasteiger partial charge in [0.25, 0.3) is 0 Å². The van der Waals surface area contributed by atoms with E-state index in [1.165, 1.54) is 0 Å². The summed E-state index contributed by atoms with van der Waals surface area (Å²) >= 11 is 0. The van der Waals surface area contributed by atoms with Gasteiger partial charge in [-0.25, -0.2) is 4.79 Å². The number of amides is 2. The maximum Gasteiger partial charge on any atom is 0.319 e. The van der Waals surface area contributed by atoms with Crippen LogP contribution in [0.5, 0.6) is 5.75 Å². The first-order valence-electron chi connectivity index (χ1n) is 7.78. The predicted octanol–water partition coefficient (Wildman–Crippen LogP) is 3.00. The lowest BCUT2D eigenvalue weighted by molar-refractivity contribution is 0.141. The number of anilines is 1. The third-order valence-electron chi connectivity index (χ3n) is 3.97. The van der Waals surface area contributed by atoms with E-state index in [-0.39, 0.29) is 18.2 Å². The van der Waals surface area contributed by atoms with Crippen LogP contribution in [0.25, 0.3) is 0 Å². The molecule has 2 aliphatic rings. The summed E-state index contributed by atoms with van der Waals surface area (Å²) in [5.41, 5.74) is 1.79. The van der Waals surface area contributed by atoms with Gasteiger partial charge in [-0.2, -0.15) is 0 Å². The van der Waals surface area contributed by atoms with Crippen molar-refractivity contribution in [1.29, 1.82) is 0 Å². The van der Waals surface area contributed by atoms with Crippen LogP contribution >= 0.6 is 0 Å². The summed E-state index contributed by atoms with van der Waals surface area (Å²) in [5, 5.41) is 5.83. The molecule has 0 aromatic heterocycles. The highest BCUT2D eigenvalue weighted by Crippen LogP contribution is 2.25. The minimum atomic E-state index is -0.173. The fourth-order valence-corrected chi connectivity index (χ4v) is 2.68. The SMILES string of the molecule is Cc1ccc(NC(=O)NC2CC=CC2)cc1O[C@@H]1CCOC1. The molecule has 5 nitrogen and oxygen atoms in total. The molecular formula is C17H22N2O3. The van der Waals surface area contributed by atoms with Crippen molar-refractivity contribution in [3.05, 3.63) is 35.9 Å². The molecule has 1 aliphatic heterocycles. The van der Waals surface area contributed by atoms with E-state index in [1.807, 2.05) is 25.1 Å². The molecule has 0 saturated carbocycles. The van der Waals surface area contributed by atoms with Gasteiger partial charge in [0.15, 0.2) is 0 Å². The number of rotatable bonds is 4. The smallest absolute Gasteiger partial charge is 0.319 e. The van der Waals surface area contributed by atoms with Gasteiger partial charge in [0.1, 0.15) is 11.9 Å². The number of urea groups is 1. The molecule has 1 saturated heterocycles. The third-order valence-corrected chi connectivity index (χ3v) is 3.97. The molecule has 1 heterocycles. The van der Waals surface area contributed by atoms with Crippen molar-refractivity contribution in [1.82, 2.24) is 5.32 Å². The van der Waals surface area contributed by atoms with Gasteiger partial charge in [-0.3, -0.25) is 0 Å². The summed E-state index contributed by atoms with van der Waals surface area (Å²) in [6.07, 6.45) is 6.99. The Morgan fingerprint density at radius 2 is 2.14 bits per heavy atom. The van der Waals surface area contributed by atoms with Crippen LogP contribution in [0.1, 0.15) is 24.8 Å². The monoisotopic (exact) mass is 302 g/mol. The lowest BCUT2D eigenvalue weighted by Gasteiger charge is -2.16. The number of carbonyl (C=O) groups excluding carboxylic acids is 1. The second-order valence-electron chi connectivity index (χ2n) is 5.82. The average molecular weight is 302 g/mol. The van der Waals surface area contributed by atoms with E-state index in [1.54, 1.807) is 0 Å². The number of ether oxygens (including phenoxy) is 2. The molecule has 1 aromatic rings. The van der Waals surface area contributed by atoms with Crippen LogP contribution in [-0.2, 0) is 4.74 Å². The molecule has 0 radical (unpaired) electrons. The molecule has 1 fully saturated rings. The molecule has 22 heavy (non-hydrogen) atoms. The summed E-state index contributed by atoms with van der Waals surface area (Å²) in [7, 11) is 0. The number of nitrogens with one attached hydrogen (secondary N) is 2. The minimum absolute atomic E-state index is 0.104. The third kappa shape index (κ3) is 3.80. The van der Waals surface area contributed by atoms with Gasteiger partial charge in [0, 0.05) is 24.2 Å². The Morgan fingerprint density at radius 1 is 1.32 bits per heavy atom. The quantitative estimate of drug-likeness (QED) is 0.841. The van der Waals surface area contributed by atoms with Crippen molar-refractivity contribution in [3.8, 4) is 5.75 Å². The van der Waals surface area contributed by atoms with Crippen molar-refractivity contribution in [2.75, 3.05) is 18.5 Å². The highest BCUT2D eigenvalue weighted by molar-refractivity contribution is 5.89. The van der Waals surface area contributed by atoms with Crippen molar-refractivity contribution in [3.63, 3.8) is 0 Å². The molecule has 1 aromatic carbocycles. The number of carbonyl (C=O) groups is 1. The second-order valence-corrected chi connectivity index (χ2v) is 5.82. The van der Waals surface area contributed by atoms with Gasteiger partial charge in [0.05, 0.1) is 13.2 Å². The molecule has 0 spiro atoms. The number of hydrogen-bond acceptors (Lipinski definition) is 3. The van der Waals surface area contributed by atoms with Crippen LogP contribution in [0, 0.1) is 6.92 Å². The van der Waals surface area contributed by atoms with Crippen molar-refractivity contribution >= 4 is 11.7 Å².